The van der Waals surface area contributed by atoms with Gasteiger partial charge in [0.05, 0.1) is 17.5 Å². The number of hydrogen-bond donors (Lipinski definition) is 3. The van der Waals surface area contributed by atoms with Crippen molar-refractivity contribution in [1.82, 2.24) is 21.0 Å². The molecule has 106 valence electrons. The zero-order valence-corrected chi connectivity index (χ0v) is 11.6. The Balaban J connectivity index is 1.65. The van der Waals surface area contributed by atoms with Gasteiger partial charge in [0.1, 0.15) is 12.2 Å². The Morgan fingerprint density at radius 3 is 3.05 bits per heavy atom. The highest BCUT2D eigenvalue weighted by atomic mass is 15.7. The van der Waals surface area contributed by atoms with E-state index in [2.05, 4.69) is 33.1 Å². The molecule has 3 N–H and O–H groups in total. The first-order chi connectivity index (χ1) is 10.4. The van der Waals surface area contributed by atoms with Gasteiger partial charge in [-0.2, -0.15) is 5.26 Å². The van der Waals surface area contributed by atoms with E-state index in [4.69, 9.17) is 5.26 Å². The maximum atomic E-state index is 8.75. The van der Waals surface area contributed by atoms with Gasteiger partial charge in [0.15, 0.2) is 0 Å². The molecule has 1 aromatic heterocycles. The van der Waals surface area contributed by atoms with Gasteiger partial charge >= 0.3 is 0 Å². The first kappa shape index (κ1) is 12.2. The number of aromatic nitrogens is 1. The minimum atomic E-state index is 0.489. The Kier molecular flexibility index (Phi) is 2.79. The van der Waals surface area contributed by atoms with Gasteiger partial charge in [-0.1, -0.05) is 5.57 Å². The highest BCUT2D eigenvalue weighted by Gasteiger charge is 2.33. The third kappa shape index (κ3) is 1.94. The second-order valence-corrected chi connectivity index (χ2v) is 5.56. The van der Waals surface area contributed by atoms with Crippen LogP contribution >= 0.6 is 0 Å². The number of aromatic amines is 1. The summed E-state index contributed by atoms with van der Waals surface area (Å²) in [5.74, 6) is 1.40. The Bertz CT molecular complexity index is 692. The lowest BCUT2D eigenvalue weighted by atomic mass is 9.83. The van der Waals surface area contributed by atoms with Crippen molar-refractivity contribution in [1.29, 1.82) is 5.26 Å². The molecule has 0 amide bonds. The SMILES string of the molecule is N#CC=C1CCC(C2=C3c4cc[nH]c4N=CN3NN2)CC1. The van der Waals surface area contributed by atoms with Gasteiger partial charge in [-0.15, -0.1) is 5.53 Å². The Morgan fingerprint density at radius 2 is 2.24 bits per heavy atom. The first-order valence-corrected chi connectivity index (χ1v) is 7.21. The summed E-state index contributed by atoms with van der Waals surface area (Å²) < 4.78 is 0. The van der Waals surface area contributed by atoms with Crippen molar-refractivity contribution in [3.8, 4) is 6.07 Å². The molecular weight excluding hydrogens is 264 g/mol. The average molecular weight is 280 g/mol. The van der Waals surface area contributed by atoms with Crippen LogP contribution in [-0.2, 0) is 0 Å². The molecule has 21 heavy (non-hydrogen) atoms. The van der Waals surface area contributed by atoms with Crippen LogP contribution in [0.15, 0.2) is 34.6 Å². The predicted molar refractivity (Wildman–Crippen MR) is 79.6 cm³/mol. The number of hydrazine groups is 2. The number of nitrogens with zero attached hydrogens (tertiary/aromatic N) is 3. The smallest absolute Gasteiger partial charge is 0.141 e. The second kappa shape index (κ2) is 4.79. The van der Waals surface area contributed by atoms with Crippen LogP contribution in [0.3, 0.4) is 0 Å². The fraction of sp³-hybridized carbons (Fsp3) is 0.333. The fourth-order valence-corrected chi connectivity index (χ4v) is 3.31. The quantitative estimate of drug-likeness (QED) is 0.690. The lowest BCUT2D eigenvalue weighted by Gasteiger charge is -2.25. The Morgan fingerprint density at radius 1 is 1.38 bits per heavy atom. The molecule has 0 atom stereocenters. The fourth-order valence-electron chi connectivity index (χ4n) is 3.31. The molecule has 0 saturated heterocycles. The van der Waals surface area contributed by atoms with Gasteiger partial charge in [0.2, 0.25) is 0 Å². The molecule has 0 unspecified atom stereocenters. The van der Waals surface area contributed by atoms with E-state index in [1.807, 2.05) is 11.2 Å². The number of allylic oxidation sites excluding steroid dienone is 3. The van der Waals surface area contributed by atoms with Crippen molar-refractivity contribution in [3.05, 3.63) is 35.2 Å². The third-order valence-corrected chi connectivity index (χ3v) is 4.39. The number of nitrogens with one attached hydrogen (secondary N) is 3. The molecule has 6 nitrogen and oxygen atoms in total. The number of hydrogen-bond acceptors (Lipinski definition) is 5. The van der Waals surface area contributed by atoms with E-state index in [-0.39, 0.29) is 0 Å². The minimum absolute atomic E-state index is 0.489. The standard InChI is InChI=1S/C15H16N6/c16-7-5-10-1-3-11(4-2-10)13-14-12-6-8-17-15(12)18-9-21(14)20-19-13/h5-6,8-9,11,17,19-20H,1-4H2. The molecule has 1 fully saturated rings. The van der Waals surface area contributed by atoms with Gasteiger partial charge < -0.3 is 10.4 Å². The summed E-state index contributed by atoms with van der Waals surface area (Å²) in [6.45, 7) is 0. The highest BCUT2D eigenvalue weighted by Crippen LogP contribution is 2.40. The monoisotopic (exact) mass is 280 g/mol. The zero-order chi connectivity index (χ0) is 14.2. The van der Waals surface area contributed by atoms with E-state index in [0.29, 0.717) is 5.92 Å². The number of fused-ring (bicyclic) bond motifs is 3. The van der Waals surface area contributed by atoms with Crippen LogP contribution in [-0.4, -0.2) is 16.3 Å². The number of nitriles is 1. The van der Waals surface area contributed by atoms with Crippen molar-refractivity contribution < 1.29 is 0 Å². The molecule has 0 bridgehead atoms. The normalized spacial score (nSPS) is 23.5. The summed E-state index contributed by atoms with van der Waals surface area (Å²) in [4.78, 5) is 7.53. The van der Waals surface area contributed by atoms with E-state index in [0.717, 1.165) is 37.1 Å². The predicted octanol–water partition coefficient (Wildman–Crippen LogP) is 2.32. The van der Waals surface area contributed by atoms with E-state index in [1.54, 1.807) is 12.4 Å². The number of H-pyrrole nitrogens is 1. The molecule has 4 rings (SSSR count). The topological polar surface area (TPSA) is 79.2 Å². The molecule has 0 spiro atoms. The molecule has 3 heterocycles. The minimum Gasteiger partial charge on any atom is -0.346 e. The summed E-state index contributed by atoms with van der Waals surface area (Å²) in [7, 11) is 0. The van der Waals surface area contributed by atoms with Crippen LogP contribution in [0.2, 0.25) is 0 Å². The second-order valence-electron chi connectivity index (χ2n) is 5.56. The van der Waals surface area contributed by atoms with Crippen LogP contribution in [0.1, 0.15) is 31.2 Å². The summed E-state index contributed by atoms with van der Waals surface area (Å²) in [6.07, 6.45) is 9.58. The molecule has 0 aromatic carbocycles. The van der Waals surface area contributed by atoms with Crippen molar-refractivity contribution in [3.63, 3.8) is 0 Å². The highest BCUT2D eigenvalue weighted by molar-refractivity contribution is 5.87. The van der Waals surface area contributed by atoms with Crippen molar-refractivity contribution in [2.75, 3.05) is 0 Å². The van der Waals surface area contributed by atoms with E-state index < -0.39 is 0 Å². The van der Waals surface area contributed by atoms with Gasteiger partial charge in [-0.05, 0) is 31.7 Å². The summed E-state index contributed by atoms with van der Waals surface area (Å²) >= 11 is 0. The van der Waals surface area contributed by atoms with E-state index in [1.165, 1.54) is 17.0 Å². The van der Waals surface area contributed by atoms with Gasteiger partial charge in [0, 0.05) is 23.8 Å². The average Bonchev–Trinajstić information content (AvgIpc) is 3.14. The molecule has 1 aromatic rings. The van der Waals surface area contributed by atoms with Crippen LogP contribution in [0.25, 0.3) is 5.70 Å². The lowest BCUT2D eigenvalue weighted by Crippen LogP contribution is -2.37. The molecule has 6 heteroatoms. The summed E-state index contributed by atoms with van der Waals surface area (Å²) in [6, 6.07) is 4.21. The molecule has 3 aliphatic rings. The third-order valence-electron chi connectivity index (χ3n) is 4.39. The van der Waals surface area contributed by atoms with Crippen LogP contribution in [0.5, 0.6) is 0 Å². The maximum Gasteiger partial charge on any atom is 0.141 e. The maximum absolute atomic E-state index is 8.75. The molecule has 1 saturated carbocycles. The first-order valence-electron chi connectivity index (χ1n) is 7.21. The molecule has 2 aliphatic heterocycles. The van der Waals surface area contributed by atoms with Crippen molar-refractivity contribution >= 4 is 17.9 Å². The van der Waals surface area contributed by atoms with Gasteiger partial charge in [-0.3, -0.25) is 0 Å². The van der Waals surface area contributed by atoms with Crippen LogP contribution in [0.4, 0.5) is 5.82 Å². The molecule has 0 radical (unpaired) electrons. The van der Waals surface area contributed by atoms with Crippen molar-refractivity contribution in [2.24, 2.45) is 10.9 Å². The largest absolute Gasteiger partial charge is 0.346 e. The molecule has 1 aliphatic carbocycles. The Hall–Kier alpha value is -2.52. The zero-order valence-electron chi connectivity index (χ0n) is 11.6. The summed E-state index contributed by atoms with van der Waals surface area (Å²) in [5, 5.41) is 10.7. The van der Waals surface area contributed by atoms with Crippen LogP contribution < -0.4 is 11.0 Å². The number of aliphatic imine (C=N–C) groups is 1. The summed E-state index contributed by atoms with van der Waals surface area (Å²) in [5.41, 5.74) is 11.3. The van der Waals surface area contributed by atoms with Gasteiger partial charge in [-0.25, -0.2) is 10.0 Å². The molecular formula is C15H16N6. The lowest BCUT2D eigenvalue weighted by molar-refractivity contribution is 0.390. The van der Waals surface area contributed by atoms with Crippen molar-refractivity contribution in [2.45, 2.75) is 25.7 Å². The van der Waals surface area contributed by atoms with E-state index >= 15 is 0 Å². The van der Waals surface area contributed by atoms with Crippen LogP contribution in [0, 0.1) is 17.2 Å². The number of rotatable bonds is 1. The Labute approximate surface area is 122 Å². The van der Waals surface area contributed by atoms with Gasteiger partial charge in [0.25, 0.3) is 0 Å². The van der Waals surface area contributed by atoms with E-state index in [9.17, 15) is 0 Å².